The molecule has 0 spiro atoms. The minimum atomic E-state index is 0.0278. The molecule has 0 heterocycles. The Morgan fingerprint density at radius 1 is 1.43 bits per heavy atom. The van der Waals surface area contributed by atoms with Crippen LogP contribution in [0.2, 0.25) is 5.02 Å². The standard InChI is InChI=1S/C11H10BrClO/c12-7-4-5-10(13)9(6-7)8-2-1-3-11(8)14/h4-6,8H,1-3H2. The number of ketones is 1. The summed E-state index contributed by atoms with van der Waals surface area (Å²) >= 11 is 9.46. The summed E-state index contributed by atoms with van der Waals surface area (Å²) in [5, 5.41) is 0.702. The average Bonchev–Trinajstić information content (AvgIpc) is 2.56. The zero-order valence-electron chi connectivity index (χ0n) is 7.59. The summed E-state index contributed by atoms with van der Waals surface area (Å²) in [6.07, 6.45) is 2.63. The van der Waals surface area contributed by atoms with E-state index in [1.165, 1.54) is 0 Å². The fourth-order valence-electron chi connectivity index (χ4n) is 1.93. The van der Waals surface area contributed by atoms with Gasteiger partial charge in [0, 0.05) is 21.8 Å². The molecule has 1 aromatic rings. The van der Waals surface area contributed by atoms with Crippen LogP contribution in [0.5, 0.6) is 0 Å². The molecule has 1 fully saturated rings. The minimum absolute atomic E-state index is 0.0278. The first kappa shape index (κ1) is 10.2. The van der Waals surface area contributed by atoms with Crippen molar-refractivity contribution >= 4 is 33.3 Å². The van der Waals surface area contributed by atoms with Gasteiger partial charge in [0.1, 0.15) is 5.78 Å². The molecule has 1 aliphatic carbocycles. The zero-order chi connectivity index (χ0) is 10.1. The van der Waals surface area contributed by atoms with Crippen molar-refractivity contribution in [3.63, 3.8) is 0 Å². The monoisotopic (exact) mass is 272 g/mol. The van der Waals surface area contributed by atoms with Gasteiger partial charge in [0.15, 0.2) is 0 Å². The molecule has 0 aliphatic heterocycles. The highest BCUT2D eigenvalue weighted by Gasteiger charge is 2.27. The van der Waals surface area contributed by atoms with Crippen molar-refractivity contribution in [1.29, 1.82) is 0 Å². The van der Waals surface area contributed by atoms with Crippen LogP contribution in [0.1, 0.15) is 30.7 Å². The van der Waals surface area contributed by atoms with E-state index in [1.807, 2.05) is 18.2 Å². The molecular formula is C11H10BrClO. The molecule has 1 nitrogen and oxygen atoms in total. The first-order chi connectivity index (χ1) is 6.68. The number of benzene rings is 1. The topological polar surface area (TPSA) is 17.1 Å². The molecule has 1 atom stereocenters. The van der Waals surface area contributed by atoms with Crippen molar-refractivity contribution in [2.24, 2.45) is 0 Å². The smallest absolute Gasteiger partial charge is 0.140 e. The van der Waals surface area contributed by atoms with Crippen LogP contribution in [-0.2, 0) is 4.79 Å². The molecule has 1 unspecified atom stereocenters. The Morgan fingerprint density at radius 3 is 2.86 bits per heavy atom. The Hall–Kier alpha value is -0.340. The van der Waals surface area contributed by atoms with E-state index in [4.69, 9.17) is 11.6 Å². The number of carbonyl (C=O) groups excluding carboxylic acids is 1. The third-order valence-electron chi connectivity index (χ3n) is 2.64. The fraction of sp³-hybridized carbons (Fsp3) is 0.364. The van der Waals surface area contributed by atoms with Gasteiger partial charge in [-0.15, -0.1) is 0 Å². The molecule has 3 heteroatoms. The van der Waals surface area contributed by atoms with Crippen molar-refractivity contribution in [3.8, 4) is 0 Å². The largest absolute Gasteiger partial charge is 0.299 e. The third kappa shape index (κ3) is 1.86. The van der Waals surface area contributed by atoms with E-state index in [1.54, 1.807) is 0 Å². The van der Waals surface area contributed by atoms with E-state index in [-0.39, 0.29) is 5.92 Å². The first-order valence-electron chi connectivity index (χ1n) is 4.66. The van der Waals surface area contributed by atoms with E-state index in [0.29, 0.717) is 17.2 Å². The van der Waals surface area contributed by atoms with Gasteiger partial charge in [-0.05, 0) is 36.6 Å². The van der Waals surface area contributed by atoms with Crippen molar-refractivity contribution in [2.75, 3.05) is 0 Å². The number of Topliss-reactive ketones (excluding diaryl/α,β-unsaturated/α-hetero) is 1. The molecule has 74 valence electrons. The van der Waals surface area contributed by atoms with Crippen LogP contribution < -0.4 is 0 Å². The predicted molar refractivity (Wildman–Crippen MR) is 60.8 cm³/mol. The lowest BCUT2D eigenvalue weighted by atomic mass is 9.97. The van der Waals surface area contributed by atoms with Gasteiger partial charge in [-0.25, -0.2) is 0 Å². The van der Waals surface area contributed by atoms with Crippen LogP contribution in [0.25, 0.3) is 0 Å². The van der Waals surface area contributed by atoms with Crippen molar-refractivity contribution < 1.29 is 4.79 Å². The maximum atomic E-state index is 11.6. The second kappa shape index (κ2) is 4.03. The van der Waals surface area contributed by atoms with Crippen molar-refractivity contribution in [2.45, 2.75) is 25.2 Å². The van der Waals surface area contributed by atoms with Gasteiger partial charge in [0.05, 0.1) is 0 Å². The lowest BCUT2D eigenvalue weighted by Crippen LogP contribution is -2.04. The second-order valence-electron chi connectivity index (χ2n) is 3.58. The number of carbonyl (C=O) groups is 1. The highest BCUT2D eigenvalue weighted by atomic mass is 79.9. The normalized spacial score (nSPS) is 21.6. The molecule has 0 saturated heterocycles. The van der Waals surface area contributed by atoms with Crippen LogP contribution >= 0.6 is 27.5 Å². The first-order valence-corrected chi connectivity index (χ1v) is 5.83. The summed E-state index contributed by atoms with van der Waals surface area (Å²) in [7, 11) is 0. The third-order valence-corrected chi connectivity index (χ3v) is 3.48. The Morgan fingerprint density at radius 2 is 2.21 bits per heavy atom. The van der Waals surface area contributed by atoms with Gasteiger partial charge in [0.25, 0.3) is 0 Å². The summed E-state index contributed by atoms with van der Waals surface area (Å²) < 4.78 is 0.983. The number of halogens is 2. The van der Waals surface area contributed by atoms with Gasteiger partial charge >= 0.3 is 0 Å². The Balaban J connectivity index is 2.39. The maximum Gasteiger partial charge on any atom is 0.140 e. The molecule has 0 radical (unpaired) electrons. The summed E-state index contributed by atoms with van der Waals surface area (Å²) in [4.78, 5) is 11.6. The Kier molecular flexibility index (Phi) is 2.93. The lowest BCUT2D eigenvalue weighted by Gasteiger charge is -2.10. The summed E-state index contributed by atoms with van der Waals surface area (Å²) in [5.74, 6) is 0.352. The molecule has 14 heavy (non-hydrogen) atoms. The summed E-state index contributed by atoms with van der Waals surface area (Å²) in [5.41, 5.74) is 0.976. The average molecular weight is 274 g/mol. The number of hydrogen-bond donors (Lipinski definition) is 0. The van der Waals surface area contributed by atoms with Gasteiger partial charge in [-0.1, -0.05) is 27.5 Å². The Labute approximate surface area is 96.6 Å². The van der Waals surface area contributed by atoms with Crippen LogP contribution in [0.3, 0.4) is 0 Å². The lowest BCUT2D eigenvalue weighted by molar-refractivity contribution is -0.118. The molecule has 0 bridgehead atoms. The van der Waals surface area contributed by atoms with Crippen LogP contribution in [0, 0.1) is 0 Å². The van der Waals surface area contributed by atoms with E-state index in [0.717, 1.165) is 22.9 Å². The highest BCUT2D eigenvalue weighted by molar-refractivity contribution is 9.10. The van der Waals surface area contributed by atoms with E-state index in [2.05, 4.69) is 15.9 Å². The highest BCUT2D eigenvalue weighted by Crippen LogP contribution is 2.36. The van der Waals surface area contributed by atoms with Crippen molar-refractivity contribution in [1.82, 2.24) is 0 Å². The molecule has 1 saturated carbocycles. The second-order valence-corrected chi connectivity index (χ2v) is 4.90. The van der Waals surface area contributed by atoms with Gasteiger partial charge in [0.2, 0.25) is 0 Å². The zero-order valence-corrected chi connectivity index (χ0v) is 9.94. The molecule has 0 N–H and O–H groups in total. The van der Waals surface area contributed by atoms with Crippen LogP contribution in [0.15, 0.2) is 22.7 Å². The van der Waals surface area contributed by atoms with Gasteiger partial charge < -0.3 is 0 Å². The molecular weight excluding hydrogens is 263 g/mol. The van der Waals surface area contributed by atoms with Gasteiger partial charge in [-0.3, -0.25) is 4.79 Å². The molecule has 0 aromatic heterocycles. The quantitative estimate of drug-likeness (QED) is 0.757. The number of rotatable bonds is 1. The SMILES string of the molecule is O=C1CCCC1c1cc(Br)ccc1Cl. The minimum Gasteiger partial charge on any atom is -0.299 e. The summed E-state index contributed by atoms with van der Waals surface area (Å²) in [6, 6.07) is 5.69. The predicted octanol–water partition coefficient (Wildman–Crippen LogP) is 3.94. The van der Waals surface area contributed by atoms with Crippen LogP contribution in [-0.4, -0.2) is 5.78 Å². The van der Waals surface area contributed by atoms with E-state index >= 15 is 0 Å². The number of hydrogen-bond acceptors (Lipinski definition) is 1. The fourth-order valence-corrected chi connectivity index (χ4v) is 2.55. The molecule has 1 aliphatic rings. The van der Waals surface area contributed by atoms with Crippen LogP contribution in [0.4, 0.5) is 0 Å². The van der Waals surface area contributed by atoms with Gasteiger partial charge in [-0.2, -0.15) is 0 Å². The molecule has 2 rings (SSSR count). The summed E-state index contributed by atoms with van der Waals surface area (Å²) in [6.45, 7) is 0. The molecule has 1 aromatic carbocycles. The molecule has 0 amide bonds. The van der Waals surface area contributed by atoms with E-state index < -0.39 is 0 Å². The maximum absolute atomic E-state index is 11.6. The Bertz CT molecular complexity index is 376. The van der Waals surface area contributed by atoms with Crippen molar-refractivity contribution in [3.05, 3.63) is 33.3 Å². The van der Waals surface area contributed by atoms with E-state index in [9.17, 15) is 4.79 Å².